The van der Waals surface area contributed by atoms with Crippen molar-refractivity contribution in [3.05, 3.63) is 71.8 Å². The lowest BCUT2D eigenvalue weighted by atomic mass is 9.99. The van der Waals surface area contributed by atoms with Gasteiger partial charge in [0, 0.05) is 36.4 Å². The van der Waals surface area contributed by atoms with Gasteiger partial charge in [-0.15, -0.1) is 0 Å². The summed E-state index contributed by atoms with van der Waals surface area (Å²) < 4.78 is 12.3. The smallest absolute Gasteiger partial charge is 0.326 e. The number of benzene rings is 2. The predicted octanol–water partition coefficient (Wildman–Crippen LogP) is 0.762. The van der Waals surface area contributed by atoms with Crippen LogP contribution in [0, 0.1) is 5.92 Å². The highest BCUT2D eigenvalue weighted by atomic mass is 32.2. The minimum atomic E-state index is -1.39. The molecule has 2 aromatic rings. The number of likely N-dealkylation sites (N-methyl/N-ethyl adjacent to an activating group) is 1. The van der Waals surface area contributed by atoms with Crippen LogP contribution in [0.15, 0.2) is 60.7 Å². The molecule has 1 heterocycles. The number of carboxylic acids is 1. The lowest BCUT2D eigenvalue weighted by molar-refractivity contribution is -0.143. The first kappa shape index (κ1) is 49.0. The van der Waals surface area contributed by atoms with Crippen molar-refractivity contribution in [1.29, 1.82) is 0 Å². The third-order valence-corrected chi connectivity index (χ3v) is 11.4. The van der Waals surface area contributed by atoms with E-state index in [-0.39, 0.29) is 50.8 Å². The number of aliphatic carboxylic acids is 1. The number of aliphatic hydroxyl groups excluding tert-OH is 1. The van der Waals surface area contributed by atoms with Crippen LogP contribution >= 0.6 is 0 Å². The molecule has 8 N–H and O–H groups in total. The molecule has 1 aliphatic heterocycles. The van der Waals surface area contributed by atoms with Crippen molar-refractivity contribution in [1.82, 2.24) is 36.8 Å². The van der Waals surface area contributed by atoms with Gasteiger partial charge in [-0.2, -0.15) is 0 Å². The molecule has 8 atom stereocenters. The molecule has 18 heteroatoms. The van der Waals surface area contributed by atoms with Gasteiger partial charge in [0.1, 0.15) is 36.3 Å². The predicted molar refractivity (Wildman–Crippen MR) is 226 cm³/mol. The van der Waals surface area contributed by atoms with Crippen LogP contribution in [0.4, 0.5) is 4.79 Å². The van der Waals surface area contributed by atoms with Gasteiger partial charge in [-0.3, -0.25) is 28.2 Å². The van der Waals surface area contributed by atoms with Crippen molar-refractivity contribution in [2.45, 2.75) is 108 Å². The summed E-state index contributed by atoms with van der Waals surface area (Å²) in [6, 6.07) is 9.99. The fraction of sp³-hybridized carbons (Fsp3) is 0.548. The molecule has 2 aromatic carbocycles. The summed E-state index contributed by atoms with van der Waals surface area (Å²) in [5.74, 6) is -5.25. The molecular weight excluding hydrogens is 795 g/mol. The molecule has 1 fully saturated rings. The van der Waals surface area contributed by atoms with Crippen LogP contribution in [0.25, 0.3) is 0 Å². The zero-order valence-electron chi connectivity index (χ0n) is 34.8. The second-order valence-electron chi connectivity index (χ2n) is 15.1. The van der Waals surface area contributed by atoms with E-state index in [4.69, 9.17) is 0 Å². The first-order valence-corrected chi connectivity index (χ1v) is 22.1. The first-order chi connectivity index (χ1) is 28.6. The molecule has 7 amide bonds. The van der Waals surface area contributed by atoms with E-state index in [0.29, 0.717) is 19.3 Å². The molecule has 17 nitrogen and oxygen atoms in total. The zero-order chi connectivity index (χ0) is 44.2. The number of hydrogen-bond donors (Lipinski definition) is 8. The van der Waals surface area contributed by atoms with Gasteiger partial charge in [0.15, 0.2) is 0 Å². The number of carbonyl (C=O) groups excluding carboxylic acids is 6. The van der Waals surface area contributed by atoms with Gasteiger partial charge in [-0.05, 0) is 68.4 Å². The zero-order valence-corrected chi connectivity index (χ0v) is 35.6. The number of carbonyl (C=O) groups is 7. The Hall–Kier alpha value is -5.36. The molecule has 0 aliphatic carbocycles. The fourth-order valence-electron chi connectivity index (χ4n) is 6.72. The molecule has 3 rings (SSSR count). The average Bonchev–Trinajstić information content (AvgIpc) is 3.23. The summed E-state index contributed by atoms with van der Waals surface area (Å²) in [5, 5.41) is 35.6. The second kappa shape index (κ2) is 25.3. The number of aliphatic hydroxyl groups is 1. The summed E-state index contributed by atoms with van der Waals surface area (Å²) in [6.45, 7) is 2.75. The average molecular weight is 856 g/mol. The molecule has 330 valence electrons. The van der Waals surface area contributed by atoms with Crippen LogP contribution in [0.1, 0.15) is 69.9 Å². The molecule has 0 radical (unpaired) electrons. The van der Waals surface area contributed by atoms with Gasteiger partial charge >= 0.3 is 12.0 Å². The standard InChI is InChI=1S/C42H61N7O10S/c1-5-27(2)35(41(56)57)48-42(58)47-30-18-12-13-24-43-36(51)33(26-50)46-39(54)34(22-20-29-16-10-7-11-17-29)49(3)40(55)32(21-19-28-14-8-6-9-15-28)45-38(53)31(44-37(30)52)23-25-60(4)59/h6-11,14-17,27,30-35,50H,5,12-13,18-26H2,1-4H3,(H,43,51)(H,44,52)(H,45,53)(H,46,54)(H,56,57)(H2,47,48,58). The number of nitrogens with zero attached hydrogens (tertiary/aromatic N) is 1. The van der Waals surface area contributed by atoms with Gasteiger partial charge in [0.05, 0.1) is 6.61 Å². The maximum absolute atomic E-state index is 14.5. The topological polar surface area (TPSA) is 252 Å². The van der Waals surface area contributed by atoms with Crippen LogP contribution in [-0.4, -0.2) is 129 Å². The number of rotatable bonds is 15. The Morgan fingerprint density at radius 3 is 1.97 bits per heavy atom. The number of urea groups is 1. The molecule has 0 bridgehead atoms. The number of hydrogen-bond acceptors (Lipinski definition) is 9. The summed E-state index contributed by atoms with van der Waals surface area (Å²) in [5.41, 5.74) is 1.76. The van der Waals surface area contributed by atoms with Crippen molar-refractivity contribution >= 4 is 52.3 Å². The second-order valence-corrected chi connectivity index (χ2v) is 16.7. The molecule has 0 aromatic heterocycles. The Kier molecular flexibility index (Phi) is 20.7. The SMILES string of the molecule is CCC(C)C(NC(=O)NC1CCCCNC(=O)C(CO)NC(=O)C(CCc2ccccc2)N(C)C(=O)C(CCc2ccccc2)NC(=O)C(CCS(C)=O)NC1=O)C(=O)O. The summed E-state index contributed by atoms with van der Waals surface area (Å²) in [4.78, 5) is 96.2. The normalized spacial score (nSPS) is 22.9. The Morgan fingerprint density at radius 2 is 1.40 bits per heavy atom. The highest BCUT2D eigenvalue weighted by Gasteiger charge is 2.36. The van der Waals surface area contributed by atoms with E-state index in [9.17, 15) is 48.0 Å². The van der Waals surface area contributed by atoms with Crippen molar-refractivity contribution in [2.24, 2.45) is 5.92 Å². The van der Waals surface area contributed by atoms with E-state index >= 15 is 0 Å². The van der Waals surface area contributed by atoms with E-state index in [1.807, 2.05) is 60.7 Å². The monoisotopic (exact) mass is 855 g/mol. The van der Waals surface area contributed by atoms with Crippen molar-refractivity contribution in [3.63, 3.8) is 0 Å². The van der Waals surface area contributed by atoms with E-state index in [1.54, 1.807) is 13.8 Å². The highest BCUT2D eigenvalue weighted by Crippen LogP contribution is 2.15. The maximum atomic E-state index is 14.5. The molecule has 0 saturated carbocycles. The van der Waals surface area contributed by atoms with Gasteiger partial charge < -0.3 is 47.0 Å². The Bertz CT molecular complexity index is 1770. The summed E-state index contributed by atoms with van der Waals surface area (Å²) in [7, 11) is 0.0345. The maximum Gasteiger partial charge on any atom is 0.326 e. The van der Waals surface area contributed by atoms with Crippen LogP contribution in [0.3, 0.4) is 0 Å². The largest absolute Gasteiger partial charge is 0.480 e. The molecule has 8 unspecified atom stereocenters. The van der Waals surface area contributed by atoms with E-state index in [2.05, 4.69) is 31.9 Å². The lowest BCUT2D eigenvalue weighted by Crippen LogP contribution is -2.60. The van der Waals surface area contributed by atoms with Gasteiger partial charge in [-0.25, -0.2) is 9.59 Å². The molecule has 0 spiro atoms. The number of amides is 7. The van der Waals surface area contributed by atoms with Crippen LogP contribution < -0.4 is 31.9 Å². The van der Waals surface area contributed by atoms with Crippen LogP contribution in [0.5, 0.6) is 0 Å². The highest BCUT2D eigenvalue weighted by molar-refractivity contribution is 7.84. The molecule has 1 saturated heterocycles. The minimum Gasteiger partial charge on any atom is -0.480 e. The Labute approximate surface area is 354 Å². The quantitative estimate of drug-likeness (QED) is 0.125. The van der Waals surface area contributed by atoms with Crippen molar-refractivity contribution < 1.29 is 48.0 Å². The summed E-state index contributed by atoms with van der Waals surface area (Å²) in [6.07, 6.45) is 3.25. The van der Waals surface area contributed by atoms with Crippen molar-refractivity contribution in [3.8, 4) is 0 Å². The third kappa shape index (κ3) is 16.0. The van der Waals surface area contributed by atoms with E-state index in [0.717, 1.165) is 11.1 Å². The molecular formula is C42H61N7O10S. The summed E-state index contributed by atoms with van der Waals surface area (Å²) >= 11 is 0. The van der Waals surface area contributed by atoms with Gasteiger partial charge in [0.2, 0.25) is 29.5 Å². The van der Waals surface area contributed by atoms with Crippen LogP contribution in [0.2, 0.25) is 0 Å². The minimum absolute atomic E-state index is 0.00211. The van der Waals surface area contributed by atoms with Gasteiger partial charge in [0.25, 0.3) is 0 Å². The first-order valence-electron chi connectivity index (χ1n) is 20.4. The lowest BCUT2D eigenvalue weighted by Gasteiger charge is -2.32. The Morgan fingerprint density at radius 1 is 0.817 bits per heavy atom. The number of nitrogens with one attached hydrogen (secondary N) is 6. The molecule has 60 heavy (non-hydrogen) atoms. The van der Waals surface area contributed by atoms with E-state index in [1.165, 1.54) is 18.2 Å². The van der Waals surface area contributed by atoms with Gasteiger partial charge in [-0.1, -0.05) is 80.9 Å². The third-order valence-electron chi connectivity index (χ3n) is 10.6. The fourth-order valence-corrected chi connectivity index (χ4v) is 7.29. The van der Waals surface area contributed by atoms with Crippen LogP contribution in [-0.2, 0) is 52.4 Å². The molecule has 1 aliphatic rings. The number of aryl methyl sites for hydroxylation is 2. The Balaban J connectivity index is 2.04. The number of carboxylic acid groups (broad SMARTS) is 1. The van der Waals surface area contributed by atoms with Crippen molar-refractivity contribution in [2.75, 3.05) is 32.2 Å². The van der Waals surface area contributed by atoms with E-state index < -0.39 is 101 Å².